The first-order valence-corrected chi connectivity index (χ1v) is 7.84. The summed E-state index contributed by atoms with van der Waals surface area (Å²) in [5.74, 6) is -1.42. The summed E-state index contributed by atoms with van der Waals surface area (Å²) < 4.78 is 37.8. The summed E-state index contributed by atoms with van der Waals surface area (Å²) in [4.78, 5) is 11.6. The average Bonchev–Trinajstić information content (AvgIpc) is 2.40. The Morgan fingerprint density at radius 1 is 1.40 bits per heavy atom. The van der Waals surface area contributed by atoms with Crippen LogP contribution in [0.3, 0.4) is 0 Å². The molecule has 0 bridgehead atoms. The highest BCUT2D eigenvalue weighted by atomic mass is 32.2. The Labute approximate surface area is 118 Å². The predicted octanol–water partition coefficient (Wildman–Crippen LogP) is 1.48. The van der Waals surface area contributed by atoms with E-state index >= 15 is 0 Å². The zero-order valence-electron chi connectivity index (χ0n) is 11.7. The predicted molar refractivity (Wildman–Crippen MR) is 75.4 cm³/mol. The molecule has 0 spiro atoms. The lowest BCUT2D eigenvalue weighted by Gasteiger charge is -2.17. The van der Waals surface area contributed by atoms with Gasteiger partial charge in [0.1, 0.15) is 11.1 Å². The molecule has 0 fully saturated rings. The van der Waals surface area contributed by atoms with Gasteiger partial charge in [-0.1, -0.05) is 6.92 Å². The molecule has 1 aromatic rings. The Bertz CT molecular complexity index is 602. The number of rotatable bonds is 5. The third kappa shape index (κ3) is 3.47. The smallest absolute Gasteiger partial charge is 0.238 e. The fourth-order valence-electron chi connectivity index (χ4n) is 1.49. The zero-order chi connectivity index (χ0) is 15.5. The van der Waals surface area contributed by atoms with Crippen molar-refractivity contribution in [3.05, 3.63) is 24.0 Å². The Balaban J connectivity index is 3.03. The van der Waals surface area contributed by atoms with E-state index in [0.29, 0.717) is 6.42 Å². The molecule has 112 valence electrons. The van der Waals surface area contributed by atoms with Crippen molar-refractivity contribution >= 4 is 21.4 Å². The average molecular weight is 302 g/mol. The topological polar surface area (TPSA) is 89.3 Å². The van der Waals surface area contributed by atoms with Gasteiger partial charge in [0, 0.05) is 6.04 Å². The van der Waals surface area contributed by atoms with Crippen LogP contribution in [-0.2, 0) is 14.6 Å². The van der Waals surface area contributed by atoms with Gasteiger partial charge in [-0.2, -0.15) is 0 Å². The van der Waals surface area contributed by atoms with Crippen molar-refractivity contribution < 1.29 is 17.6 Å². The lowest BCUT2D eigenvalue weighted by molar-refractivity contribution is -0.121. The number of hydrogen-bond acceptors (Lipinski definition) is 4. The molecule has 0 aliphatic heterocycles. The number of nitrogens with two attached hydrogens (primary N) is 1. The van der Waals surface area contributed by atoms with Crippen LogP contribution in [0, 0.1) is 5.82 Å². The van der Waals surface area contributed by atoms with Crippen molar-refractivity contribution in [1.82, 2.24) is 5.32 Å². The van der Waals surface area contributed by atoms with Crippen LogP contribution in [0.25, 0.3) is 0 Å². The van der Waals surface area contributed by atoms with E-state index < -0.39 is 26.8 Å². The number of nitrogens with one attached hydrogen (secondary N) is 1. The highest BCUT2D eigenvalue weighted by Crippen LogP contribution is 2.20. The monoisotopic (exact) mass is 302 g/mol. The second-order valence-electron chi connectivity index (χ2n) is 4.69. The molecule has 0 radical (unpaired) electrons. The van der Waals surface area contributed by atoms with Crippen molar-refractivity contribution in [2.75, 3.05) is 5.73 Å². The van der Waals surface area contributed by atoms with E-state index in [0.717, 1.165) is 6.07 Å². The molecule has 0 aromatic heterocycles. The number of amides is 1. The highest BCUT2D eigenvalue weighted by Gasteiger charge is 2.30. The molecule has 1 aromatic carbocycles. The van der Waals surface area contributed by atoms with Gasteiger partial charge in [0.05, 0.1) is 10.6 Å². The molecule has 20 heavy (non-hydrogen) atoms. The molecule has 0 saturated heterocycles. The van der Waals surface area contributed by atoms with Crippen molar-refractivity contribution in [3.63, 3.8) is 0 Å². The van der Waals surface area contributed by atoms with E-state index in [4.69, 9.17) is 5.73 Å². The minimum Gasteiger partial charge on any atom is -0.396 e. The fourth-order valence-corrected chi connectivity index (χ4v) is 2.78. The van der Waals surface area contributed by atoms with E-state index in [-0.39, 0.29) is 16.6 Å². The molecule has 1 amide bonds. The minimum atomic E-state index is -3.94. The molecule has 0 saturated carbocycles. The molecule has 3 N–H and O–H groups in total. The maximum Gasteiger partial charge on any atom is 0.238 e. The lowest BCUT2D eigenvalue weighted by atomic mass is 10.2. The second kappa shape index (κ2) is 6.21. The molecular weight excluding hydrogens is 283 g/mol. The van der Waals surface area contributed by atoms with Gasteiger partial charge in [-0.15, -0.1) is 0 Å². The van der Waals surface area contributed by atoms with Crippen LogP contribution in [0.1, 0.15) is 27.2 Å². The molecule has 0 aliphatic rings. The normalized spacial score (nSPS) is 14.6. The Kier molecular flexibility index (Phi) is 5.10. The van der Waals surface area contributed by atoms with Gasteiger partial charge < -0.3 is 11.1 Å². The van der Waals surface area contributed by atoms with Crippen LogP contribution in [0.4, 0.5) is 10.1 Å². The number of carbonyl (C=O) groups is 1. The molecule has 5 nitrogen and oxygen atoms in total. The molecular formula is C13H19FN2O3S. The summed E-state index contributed by atoms with van der Waals surface area (Å²) in [5.41, 5.74) is 5.16. The van der Waals surface area contributed by atoms with Gasteiger partial charge in [-0.25, -0.2) is 12.8 Å². The van der Waals surface area contributed by atoms with Crippen molar-refractivity contribution in [2.24, 2.45) is 0 Å². The first-order chi connectivity index (χ1) is 9.20. The van der Waals surface area contributed by atoms with Crippen LogP contribution in [0.2, 0.25) is 0 Å². The van der Waals surface area contributed by atoms with Gasteiger partial charge in [-0.05, 0) is 38.5 Å². The third-order valence-corrected chi connectivity index (χ3v) is 5.19. The highest BCUT2D eigenvalue weighted by molar-refractivity contribution is 7.92. The van der Waals surface area contributed by atoms with Gasteiger partial charge in [-0.3, -0.25) is 4.79 Å². The molecule has 1 rings (SSSR count). The third-order valence-electron chi connectivity index (χ3n) is 3.14. The summed E-state index contributed by atoms with van der Waals surface area (Å²) in [6.45, 7) is 4.93. The van der Waals surface area contributed by atoms with Crippen LogP contribution in [0.5, 0.6) is 0 Å². The number of benzene rings is 1. The number of halogens is 1. The molecule has 2 unspecified atom stereocenters. The van der Waals surface area contributed by atoms with Crippen molar-refractivity contribution in [2.45, 2.75) is 43.4 Å². The standard InChI is InChI=1S/C13H19FN2O3S/c1-4-8(2)16-13(17)9(3)20(18,19)10-5-6-12(15)11(14)7-10/h5-9H,4,15H2,1-3H3,(H,16,17). The summed E-state index contributed by atoms with van der Waals surface area (Å²) in [7, 11) is -3.94. The molecule has 0 heterocycles. The van der Waals surface area contributed by atoms with E-state index in [1.54, 1.807) is 6.92 Å². The Morgan fingerprint density at radius 3 is 2.50 bits per heavy atom. The van der Waals surface area contributed by atoms with E-state index in [1.165, 1.54) is 19.1 Å². The van der Waals surface area contributed by atoms with E-state index in [1.807, 2.05) is 6.92 Å². The van der Waals surface area contributed by atoms with Crippen LogP contribution < -0.4 is 11.1 Å². The molecule has 0 aliphatic carbocycles. The number of carbonyl (C=O) groups excluding carboxylic acids is 1. The first-order valence-electron chi connectivity index (χ1n) is 6.29. The number of anilines is 1. The van der Waals surface area contributed by atoms with Gasteiger partial charge >= 0.3 is 0 Å². The Hall–Kier alpha value is -1.63. The molecule has 2 atom stereocenters. The fraction of sp³-hybridized carbons (Fsp3) is 0.462. The lowest BCUT2D eigenvalue weighted by Crippen LogP contribution is -2.42. The minimum absolute atomic E-state index is 0.122. The van der Waals surface area contributed by atoms with Crippen LogP contribution in [0.15, 0.2) is 23.1 Å². The van der Waals surface area contributed by atoms with Crippen molar-refractivity contribution in [3.8, 4) is 0 Å². The quantitative estimate of drug-likeness (QED) is 0.806. The number of hydrogen-bond donors (Lipinski definition) is 2. The van der Waals surface area contributed by atoms with Gasteiger partial charge in [0.2, 0.25) is 5.91 Å². The van der Waals surface area contributed by atoms with E-state index in [9.17, 15) is 17.6 Å². The summed E-state index contributed by atoms with van der Waals surface area (Å²) in [6.07, 6.45) is 0.689. The number of nitrogen functional groups attached to an aromatic ring is 1. The summed E-state index contributed by atoms with van der Waals surface area (Å²) >= 11 is 0. The maximum absolute atomic E-state index is 13.3. The Morgan fingerprint density at radius 2 is 2.00 bits per heavy atom. The van der Waals surface area contributed by atoms with Crippen LogP contribution >= 0.6 is 0 Å². The first kappa shape index (κ1) is 16.4. The summed E-state index contributed by atoms with van der Waals surface area (Å²) in [5, 5.41) is 1.30. The maximum atomic E-state index is 13.3. The summed E-state index contributed by atoms with van der Waals surface area (Å²) in [6, 6.07) is 3.07. The molecule has 7 heteroatoms. The zero-order valence-corrected chi connectivity index (χ0v) is 12.5. The second-order valence-corrected chi connectivity index (χ2v) is 6.96. The van der Waals surface area contributed by atoms with Crippen LogP contribution in [-0.4, -0.2) is 25.6 Å². The largest absolute Gasteiger partial charge is 0.396 e. The van der Waals surface area contributed by atoms with E-state index in [2.05, 4.69) is 5.32 Å². The van der Waals surface area contributed by atoms with Crippen molar-refractivity contribution in [1.29, 1.82) is 0 Å². The van der Waals surface area contributed by atoms with Gasteiger partial charge in [0.25, 0.3) is 0 Å². The van der Waals surface area contributed by atoms with Gasteiger partial charge in [0.15, 0.2) is 9.84 Å². The number of sulfone groups is 1. The SMILES string of the molecule is CCC(C)NC(=O)C(C)S(=O)(=O)c1ccc(N)c(F)c1.